The molecule has 1 aliphatic heterocycles. The average Bonchev–Trinajstić information content (AvgIpc) is 3.12. The fraction of sp³-hybridized carbons (Fsp3) is 0.833. The number of rotatable bonds is 7. The lowest BCUT2D eigenvalue weighted by Gasteiger charge is -2.35. The first kappa shape index (κ1) is 20.1. The quantitative estimate of drug-likeness (QED) is 0.655. The topological polar surface area (TPSA) is 84.2 Å². The second-order valence-corrected chi connectivity index (χ2v) is 8.55. The minimum Gasteiger partial charge on any atom is -0.339 e. The third kappa shape index (κ3) is 5.92. The van der Waals surface area contributed by atoms with E-state index in [0.717, 1.165) is 17.5 Å². The van der Waals surface area contributed by atoms with Crippen LogP contribution in [-0.2, 0) is 16.6 Å². The van der Waals surface area contributed by atoms with Crippen LogP contribution in [0, 0.1) is 5.92 Å². The zero-order valence-corrected chi connectivity index (χ0v) is 17.0. The predicted octanol–water partition coefficient (Wildman–Crippen LogP) is 1.72. The number of nitrogens with zero attached hydrogens (tertiary/aromatic N) is 6. The first-order valence-electron chi connectivity index (χ1n) is 10.0. The molecule has 1 aromatic heterocycles. The summed E-state index contributed by atoms with van der Waals surface area (Å²) in [6, 6.07) is 0. The van der Waals surface area contributed by atoms with Crippen LogP contribution in [0.15, 0.2) is 5.16 Å². The monoisotopic (exact) mass is 394 g/mol. The van der Waals surface area contributed by atoms with Gasteiger partial charge >= 0.3 is 0 Å². The highest BCUT2D eigenvalue weighted by Gasteiger charge is 2.24. The standard InChI is InChI=1S/C18H30N6O2S/c1-22-18(19-20-21-22)27-14-9-17(26)24-12-10-23(11-13-24)16(25)8-7-15-5-3-2-4-6-15/h15H,2-14H2,1H3. The maximum Gasteiger partial charge on any atom is 0.223 e. The lowest BCUT2D eigenvalue weighted by atomic mass is 9.86. The Balaban J connectivity index is 1.32. The Bertz CT molecular complexity index is 623. The number of amides is 2. The number of carbonyl (C=O) groups is 2. The van der Waals surface area contributed by atoms with Crippen molar-refractivity contribution in [2.24, 2.45) is 13.0 Å². The van der Waals surface area contributed by atoms with E-state index in [0.29, 0.717) is 44.8 Å². The molecule has 150 valence electrons. The molecule has 8 nitrogen and oxygen atoms in total. The van der Waals surface area contributed by atoms with Crippen LogP contribution in [0.1, 0.15) is 51.4 Å². The Morgan fingerprint density at radius 2 is 1.63 bits per heavy atom. The highest BCUT2D eigenvalue weighted by Crippen LogP contribution is 2.27. The summed E-state index contributed by atoms with van der Waals surface area (Å²) in [6.45, 7) is 2.61. The van der Waals surface area contributed by atoms with Crippen molar-refractivity contribution in [3.63, 3.8) is 0 Å². The van der Waals surface area contributed by atoms with Crippen LogP contribution >= 0.6 is 11.8 Å². The fourth-order valence-corrected chi connectivity index (χ4v) is 4.67. The number of hydrogen-bond donors (Lipinski definition) is 0. The lowest BCUT2D eigenvalue weighted by molar-refractivity contribution is -0.139. The summed E-state index contributed by atoms with van der Waals surface area (Å²) >= 11 is 1.49. The molecule has 0 N–H and O–H groups in total. The summed E-state index contributed by atoms with van der Waals surface area (Å²) in [4.78, 5) is 28.6. The number of aryl methyl sites for hydroxylation is 1. The van der Waals surface area contributed by atoms with Gasteiger partial charge in [0, 0.05) is 51.8 Å². The molecule has 27 heavy (non-hydrogen) atoms. The molecule has 0 unspecified atom stereocenters. The molecule has 1 saturated carbocycles. The number of aromatic nitrogens is 4. The molecule has 1 saturated heterocycles. The van der Waals surface area contributed by atoms with Gasteiger partial charge < -0.3 is 9.80 Å². The third-order valence-electron chi connectivity index (χ3n) is 5.60. The van der Waals surface area contributed by atoms with E-state index in [4.69, 9.17) is 0 Å². The van der Waals surface area contributed by atoms with Gasteiger partial charge in [-0.25, -0.2) is 4.68 Å². The number of carbonyl (C=O) groups excluding carboxylic acids is 2. The van der Waals surface area contributed by atoms with Crippen LogP contribution in [0.5, 0.6) is 0 Å². The highest BCUT2D eigenvalue weighted by molar-refractivity contribution is 7.99. The van der Waals surface area contributed by atoms with Gasteiger partial charge in [0.1, 0.15) is 0 Å². The van der Waals surface area contributed by atoms with Gasteiger partial charge in [-0.3, -0.25) is 9.59 Å². The normalized spacial score (nSPS) is 18.7. The van der Waals surface area contributed by atoms with Crippen molar-refractivity contribution in [1.29, 1.82) is 0 Å². The molecule has 2 fully saturated rings. The van der Waals surface area contributed by atoms with Gasteiger partial charge in [-0.15, -0.1) is 5.10 Å². The average molecular weight is 395 g/mol. The van der Waals surface area contributed by atoms with Gasteiger partial charge in [-0.05, 0) is 22.8 Å². The van der Waals surface area contributed by atoms with Crippen molar-refractivity contribution >= 4 is 23.6 Å². The van der Waals surface area contributed by atoms with Gasteiger partial charge in [0.05, 0.1) is 0 Å². The minimum atomic E-state index is 0.145. The smallest absolute Gasteiger partial charge is 0.223 e. The highest BCUT2D eigenvalue weighted by atomic mass is 32.2. The maximum absolute atomic E-state index is 12.5. The van der Waals surface area contributed by atoms with Crippen LogP contribution in [0.3, 0.4) is 0 Å². The number of hydrogen-bond acceptors (Lipinski definition) is 6. The summed E-state index contributed by atoms with van der Waals surface area (Å²) in [5, 5.41) is 12.0. The van der Waals surface area contributed by atoms with Crippen molar-refractivity contribution in [2.75, 3.05) is 31.9 Å². The second kappa shape index (κ2) is 10.1. The van der Waals surface area contributed by atoms with Crippen LogP contribution < -0.4 is 0 Å². The summed E-state index contributed by atoms with van der Waals surface area (Å²) in [5.41, 5.74) is 0. The molecule has 2 heterocycles. The van der Waals surface area contributed by atoms with Crippen molar-refractivity contribution in [3.8, 4) is 0 Å². The molecule has 0 spiro atoms. The molecule has 0 bridgehead atoms. The van der Waals surface area contributed by atoms with E-state index in [2.05, 4.69) is 15.5 Å². The van der Waals surface area contributed by atoms with E-state index in [-0.39, 0.29) is 11.8 Å². The first-order chi connectivity index (χ1) is 13.1. The van der Waals surface area contributed by atoms with Gasteiger partial charge in [-0.2, -0.15) is 0 Å². The summed E-state index contributed by atoms with van der Waals surface area (Å²) in [7, 11) is 1.79. The Labute approximate surface area is 165 Å². The second-order valence-electron chi connectivity index (χ2n) is 7.49. The van der Waals surface area contributed by atoms with E-state index < -0.39 is 0 Å². The van der Waals surface area contributed by atoms with E-state index in [9.17, 15) is 9.59 Å². The molecule has 2 amide bonds. The molecule has 2 aliphatic rings. The summed E-state index contributed by atoms with van der Waals surface area (Å²) in [6.07, 6.45) is 8.75. The first-order valence-corrected chi connectivity index (χ1v) is 11.0. The van der Waals surface area contributed by atoms with Crippen LogP contribution in [-0.4, -0.2) is 73.8 Å². The van der Waals surface area contributed by atoms with Gasteiger partial charge in [0.25, 0.3) is 0 Å². The number of thioether (sulfide) groups is 1. The molecule has 9 heteroatoms. The van der Waals surface area contributed by atoms with E-state index >= 15 is 0 Å². The van der Waals surface area contributed by atoms with Crippen molar-refractivity contribution in [3.05, 3.63) is 0 Å². The molecule has 0 radical (unpaired) electrons. The van der Waals surface area contributed by atoms with E-state index in [1.807, 2.05) is 9.80 Å². The van der Waals surface area contributed by atoms with Gasteiger partial charge in [-0.1, -0.05) is 43.9 Å². The van der Waals surface area contributed by atoms with Crippen LogP contribution in [0.25, 0.3) is 0 Å². The lowest BCUT2D eigenvalue weighted by Crippen LogP contribution is -2.50. The molecule has 3 rings (SSSR count). The molecule has 0 atom stereocenters. The van der Waals surface area contributed by atoms with E-state index in [1.54, 1.807) is 11.7 Å². The predicted molar refractivity (Wildman–Crippen MR) is 103 cm³/mol. The molecular formula is C18H30N6O2S. The molecule has 0 aromatic carbocycles. The Morgan fingerprint density at radius 3 is 2.22 bits per heavy atom. The molecular weight excluding hydrogens is 364 g/mol. The van der Waals surface area contributed by atoms with Crippen molar-refractivity contribution < 1.29 is 9.59 Å². The molecule has 1 aromatic rings. The van der Waals surface area contributed by atoms with Crippen molar-refractivity contribution in [2.45, 2.75) is 56.5 Å². The van der Waals surface area contributed by atoms with Gasteiger partial charge in [0.15, 0.2) is 0 Å². The Hall–Kier alpha value is -1.64. The zero-order chi connectivity index (χ0) is 19.1. The van der Waals surface area contributed by atoms with Gasteiger partial charge in [0.2, 0.25) is 17.0 Å². The minimum absolute atomic E-state index is 0.145. The summed E-state index contributed by atoms with van der Waals surface area (Å²) < 4.78 is 1.60. The van der Waals surface area contributed by atoms with E-state index in [1.165, 1.54) is 43.9 Å². The molecule has 1 aliphatic carbocycles. The van der Waals surface area contributed by atoms with Crippen LogP contribution in [0.4, 0.5) is 0 Å². The number of tetrazole rings is 1. The Kier molecular flexibility index (Phi) is 7.49. The maximum atomic E-state index is 12.5. The largest absolute Gasteiger partial charge is 0.339 e. The summed E-state index contributed by atoms with van der Waals surface area (Å²) in [5.74, 6) is 1.81. The zero-order valence-electron chi connectivity index (χ0n) is 16.2. The third-order valence-corrected chi connectivity index (χ3v) is 6.62. The fourth-order valence-electron chi connectivity index (χ4n) is 3.90. The Morgan fingerprint density at radius 1 is 1.00 bits per heavy atom. The SMILES string of the molecule is Cn1nnnc1SCCC(=O)N1CCN(C(=O)CCC2CCCCC2)CC1. The van der Waals surface area contributed by atoms with Crippen LogP contribution in [0.2, 0.25) is 0 Å². The number of piperazine rings is 1. The van der Waals surface area contributed by atoms with Crippen molar-refractivity contribution in [1.82, 2.24) is 30.0 Å².